The van der Waals surface area contributed by atoms with Gasteiger partial charge in [0.25, 0.3) is 0 Å². The first-order valence-electron chi connectivity index (χ1n) is 8.66. The number of rotatable bonds is 9. The molecule has 0 saturated heterocycles. The fourth-order valence-corrected chi connectivity index (χ4v) is 3.38. The zero-order valence-corrected chi connectivity index (χ0v) is 15.5. The normalized spacial score (nSPS) is 13.2. The monoisotopic (exact) mass is 336 g/mol. The van der Waals surface area contributed by atoms with Crippen LogP contribution in [0.5, 0.6) is 0 Å². The summed E-state index contributed by atoms with van der Waals surface area (Å²) in [6, 6.07) is 6.42. The summed E-state index contributed by atoms with van der Waals surface area (Å²) in [5.74, 6) is 1.61. The van der Waals surface area contributed by atoms with Crippen molar-refractivity contribution in [2.45, 2.75) is 46.6 Å². The Balaban J connectivity index is 1.98. The molecule has 0 saturated carbocycles. The highest BCUT2D eigenvalue weighted by atomic mass is 35.5. The Hall–Kier alpha value is -1.26. The number of aromatic nitrogens is 2. The molecule has 0 fully saturated rings. The molecule has 0 amide bonds. The van der Waals surface area contributed by atoms with E-state index in [0.29, 0.717) is 12.0 Å². The third-order valence-electron chi connectivity index (χ3n) is 4.37. The van der Waals surface area contributed by atoms with E-state index in [1.54, 1.807) is 0 Å². The fraction of sp³-hybridized carbons (Fsp3) is 0.611. The van der Waals surface area contributed by atoms with Gasteiger partial charge in [-0.1, -0.05) is 39.3 Å². The quantitative estimate of drug-likeness (QED) is 0.693. The number of hydrogen-bond donors (Lipinski definition) is 2. The Morgan fingerprint density at radius 2 is 2.00 bits per heavy atom. The first-order valence-corrected chi connectivity index (χ1v) is 9.04. The topological polar surface area (TPSA) is 44.0 Å². The standard InChI is InChI=1S/C18H29ClN4/c1-5-23(6-2)15(11-13(3)4)9-10-20-18-16-12-14(19)7-8-17(16)21-22-18/h7-8,12-13,15H,5-6,9-11H2,1-4H3,(H2,20,21,22). The lowest BCUT2D eigenvalue weighted by atomic mass is 9.99. The Kier molecular flexibility index (Phi) is 6.72. The minimum absolute atomic E-state index is 0.617. The highest BCUT2D eigenvalue weighted by Crippen LogP contribution is 2.24. The van der Waals surface area contributed by atoms with Gasteiger partial charge in [0.15, 0.2) is 5.82 Å². The van der Waals surface area contributed by atoms with Crippen LogP contribution in [0.3, 0.4) is 0 Å². The highest BCUT2D eigenvalue weighted by molar-refractivity contribution is 6.31. The molecule has 2 rings (SSSR count). The molecule has 1 heterocycles. The second-order valence-corrected chi connectivity index (χ2v) is 6.92. The summed E-state index contributed by atoms with van der Waals surface area (Å²) in [5, 5.41) is 12.7. The summed E-state index contributed by atoms with van der Waals surface area (Å²) in [4.78, 5) is 2.56. The number of hydrogen-bond acceptors (Lipinski definition) is 3. The summed E-state index contributed by atoms with van der Waals surface area (Å²) in [7, 11) is 0. The van der Waals surface area contributed by atoms with Gasteiger partial charge in [0.1, 0.15) is 0 Å². The van der Waals surface area contributed by atoms with Crippen molar-refractivity contribution in [3.05, 3.63) is 23.2 Å². The molecule has 1 aromatic carbocycles. The van der Waals surface area contributed by atoms with E-state index < -0.39 is 0 Å². The highest BCUT2D eigenvalue weighted by Gasteiger charge is 2.17. The van der Waals surface area contributed by atoms with Crippen LogP contribution in [0.25, 0.3) is 10.9 Å². The van der Waals surface area contributed by atoms with Crippen molar-refractivity contribution in [1.29, 1.82) is 0 Å². The van der Waals surface area contributed by atoms with Crippen molar-refractivity contribution in [3.8, 4) is 0 Å². The minimum Gasteiger partial charge on any atom is -0.368 e. The molecular weight excluding hydrogens is 308 g/mol. The molecule has 128 valence electrons. The molecular formula is C18H29ClN4. The van der Waals surface area contributed by atoms with Crippen LogP contribution in [-0.2, 0) is 0 Å². The third kappa shape index (κ3) is 4.85. The van der Waals surface area contributed by atoms with Crippen LogP contribution in [0.2, 0.25) is 5.02 Å². The fourth-order valence-electron chi connectivity index (χ4n) is 3.21. The lowest BCUT2D eigenvalue weighted by Gasteiger charge is -2.31. The number of aromatic amines is 1. The van der Waals surface area contributed by atoms with E-state index >= 15 is 0 Å². The molecule has 0 spiro atoms. The molecule has 2 aromatic rings. The van der Waals surface area contributed by atoms with Crippen molar-refractivity contribution < 1.29 is 0 Å². The second-order valence-electron chi connectivity index (χ2n) is 6.48. The predicted octanol–water partition coefficient (Wildman–Crippen LogP) is 4.77. The lowest BCUT2D eigenvalue weighted by Crippen LogP contribution is -2.37. The van der Waals surface area contributed by atoms with Crippen LogP contribution in [0, 0.1) is 5.92 Å². The van der Waals surface area contributed by atoms with E-state index in [-0.39, 0.29) is 0 Å². The maximum atomic E-state index is 6.09. The first-order chi connectivity index (χ1) is 11.0. The van der Waals surface area contributed by atoms with Crippen molar-refractivity contribution >= 4 is 28.3 Å². The third-order valence-corrected chi connectivity index (χ3v) is 4.60. The molecule has 0 aliphatic rings. The maximum Gasteiger partial charge on any atom is 0.155 e. The van der Waals surface area contributed by atoms with Gasteiger partial charge >= 0.3 is 0 Å². The van der Waals surface area contributed by atoms with Gasteiger partial charge in [0.05, 0.1) is 5.52 Å². The Morgan fingerprint density at radius 1 is 1.26 bits per heavy atom. The second kappa shape index (κ2) is 8.55. The molecule has 0 radical (unpaired) electrons. The summed E-state index contributed by atoms with van der Waals surface area (Å²) in [6.07, 6.45) is 2.35. The van der Waals surface area contributed by atoms with Gasteiger partial charge in [0, 0.05) is 23.0 Å². The predicted molar refractivity (Wildman–Crippen MR) is 100 cm³/mol. The molecule has 4 nitrogen and oxygen atoms in total. The van der Waals surface area contributed by atoms with Gasteiger partial charge in [-0.3, -0.25) is 5.10 Å². The average molecular weight is 337 g/mol. The number of anilines is 1. The number of nitrogens with zero attached hydrogens (tertiary/aromatic N) is 2. The maximum absolute atomic E-state index is 6.09. The minimum atomic E-state index is 0.617. The molecule has 2 N–H and O–H groups in total. The number of fused-ring (bicyclic) bond motifs is 1. The van der Waals surface area contributed by atoms with Gasteiger partial charge in [-0.2, -0.15) is 5.10 Å². The average Bonchev–Trinajstić information content (AvgIpc) is 2.90. The summed E-state index contributed by atoms with van der Waals surface area (Å²) >= 11 is 6.09. The zero-order valence-electron chi connectivity index (χ0n) is 14.7. The van der Waals surface area contributed by atoms with Gasteiger partial charge in [-0.05, 0) is 50.0 Å². The zero-order chi connectivity index (χ0) is 16.8. The van der Waals surface area contributed by atoms with Crippen LogP contribution in [0.15, 0.2) is 18.2 Å². The number of benzene rings is 1. The largest absolute Gasteiger partial charge is 0.368 e. The van der Waals surface area contributed by atoms with E-state index in [9.17, 15) is 0 Å². The van der Waals surface area contributed by atoms with Crippen LogP contribution in [-0.4, -0.2) is 40.8 Å². The van der Waals surface area contributed by atoms with Crippen LogP contribution in [0.1, 0.15) is 40.5 Å². The van der Waals surface area contributed by atoms with Gasteiger partial charge in [0.2, 0.25) is 0 Å². The first kappa shape index (κ1) is 18.1. The van der Waals surface area contributed by atoms with Crippen LogP contribution < -0.4 is 5.32 Å². The van der Waals surface area contributed by atoms with Crippen LogP contribution >= 0.6 is 11.6 Å². The molecule has 1 aromatic heterocycles. The molecule has 0 aliphatic carbocycles. The van der Waals surface area contributed by atoms with Crippen molar-refractivity contribution in [3.63, 3.8) is 0 Å². The Bertz CT molecular complexity index is 604. The molecule has 0 bridgehead atoms. The number of nitrogens with one attached hydrogen (secondary N) is 2. The molecule has 0 aliphatic heterocycles. The van der Waals surface area contributed by atoms with E-state index in [4.69, 9.17) is 11.6 Å². The molecule has 23 heavy (non-hydrogen) atoms. The Morgan fingerprint density at radius 3 is 2.65 bits per heavy atom. The summed E-state index contributed by atoms with van der Waals surface area (Å²) in [5.41, 5.74) is 1.01. The van der Waals surface area contributed by atoms with E-state index in [2.05, 4.69) is 48.1 Å². The van der Waals surface area contributed by atoms with Crippen molar-refractivity contribution in [2.75, 3.05) is 25.0 Å². The number of H-pyrrole nitrogens is 1. The van der Waals surface area contributed by atoms with Crippen LogP contribution in [0.4, 0.5) is 5.82 Å². The SMILES string of the molecule is CCN(CC)C(CCNc1n[nH]c2ccc(Cl)cc12)CC(C)C. The van der Waals surface area contributed by atoms with Crippen molar-refractivity contribution in [2.24, 2.45) is 5.92 Å². The summed E-state index contributed by atoms with van der Waals surface area (Å²) < 4.78 is 0. The Labute approximate surface area is 144 Å². The van der Waals surface area contributed by atoms with E-state index in [1.165, 1.54) is 6.42 Å². The smallest absolute Gasteiger partial charge is 0.155 e. The molecule has 1 unspecified atom stereocenters. The van der Waals surface area contributed by atoms with Gasteiger partial charge in [-0.15, -0.1) is 0 Å². The molecule has 1 atom stereocenters. The van der Waals surface area contributed by atoms with Crippen molar-refractivity contribution in [1.82, 2.24) is 15.1 Å². The lowest BCUT2D eigenvalue weighted by molar-refractivity contribution is 0.184. The summed E-state index contributed by atoms with van der Waals surface area (Å²) in [6.45, 7) is 12.2. The molecule has 5 heteroatoms. The van der Waals surface area contributed by atoms with Gasteiger partial charge < -0.3 is 10.2 Å². The van der Waals surface area contributed by atoms with E-state index in [0.717, 1.165) is 47.8 Å². The van der Waals surface area contributed by atoms with Gasteiger partial charge in [-0.25, -0.2) is 0 Å². The number of halogens is 1. The van der Waals surface area contributed by atoms with E-state index in [1.807, 2.05) is 18.2 Å².